The van der Waals surface area contributed by atoms with Gasteiger partial charge in [-0.2, -0.15) is 23.5 Å². The largest absolute Gasteiger partial charge is 0.271 e. The van der Waals surface area contributed by atoms with Crippen molar-refractivity contribution >= 4 is 39.5 Å². The van der Waals surface area contributed by atoms with Gasteiger partial charge in [-0.1, -0.05) is 41.1 Å². The molecular weight excluding hydrogens is 340 g/mol. The number of hydrogen-bond acceptors (Lipinski definition) is 4. The molecule has 1 aromatic rings. The number of halogens is 1. The van der Waals surface area contributed by atoms with Gasteiger partial charge in [0.15, 0.2) is 0 Å². The quantitative estimate of drug-likeness (QED) is 0.622. The van der Waals surface area contributed by atoms with Crippen LogP contribution in [0.4, 0.5) is 0 Å². The van der Waals surface area contributed by atoms with Gasteiger partial charge in [0.05, 0.1) is 0 Å². The molecule has 106 valence electrons. The van der Waals surface area contributed by atoms with Gasteiger partial charge in [0.1, 0.15) is 0 Å². The van der Waals surface area contributed by atoms with Crippen molar-refractivity contribution in [2.75, 3.05) is 11.5 Å². The Kier molecular flexibility index (Phi) is 6.56. The van der Waals surface area contributed by atoms with E-state index in [1.165, 1.54) is 28.0 Å². The van der Waals surface area contributed by atoms with Gasteiger partial charge in [0.25, 0.3) is 0 Å². The maximum atomic E-state index is 5.83. The second-order valence-corrected chi connectivity index (χ2v) is 8.21. The van der Waals surface area contributed by atoms with E-state index in [1.54, 1.807) is 0 Å². The van der Waals surface area contributed by atoms with Crippen molar-refractivity contribution in [3.8, 4) is 0 Å². The Morgan fingerprint density at radius 2 is 2.11 bits per heavy atom. The van der Waals surface area contributed by atoms with Crippen molar-refractivity contribution < 1.29 is 0 Å². The fourth-order valence-corrected chi connectivity index (χ4v) is 6.17. The van der Waals surface area contributed by atoms with Crippen LogP contribution < -0.4 is 11.3 Å². The average Bonchev–Trinajstić information content (AvgIpc) is 2.46. The summed E-state index contributed by atoms with van der Waals surface area (Å²) in [5.41, 5.74) is 4.39. The summed E-state index contributed by atoms with van der Waals surface area (Å²) in [6, 6.07) is 8.76. The van der Waals surface area contributed by atoms with E-state index in [4.69, 9.17) is 5.84 Å². The minimum atomic E-state index is 0.335. The lowest BCUT2D eigenvalue weighted by Crippen LogP contribution is -2.49. The van der Waals surface area contributed by atoms with Gasteiger partial charge >= 0.3 is 0 Å². The summed E-state index contributed by atoms with van der Waals surface area (Å²) >= 11 is 7.81. The molecule has 0 radical (unpaired) electrons. The van der Waals surface area contributed by atoms with Crippen LogP contribution >= 0.6 is 39.5 Å². The summed E-state index contributed by atoms with van der Waals surface area (Å²) in [6.07, 6.45) is 2.20. The predicted octanol–water partition coefficient (Wildman–Crippen LogP) is 3.45. The van der Waals surface area contributed by atoms with E-state index in [0.717, 1.165) is 6.42 Å². The molecule has 0 aromatic heterocycles. The SMILES string of the molecule is CCC1SCCSC1C(Cc1ccccc1Br)NN. The fourth-order valence-electron chi connectivity index (χ4n) is 2.48. The molecule has 1 aromatic carbocycles. The van der Waals surface area contributed by atoms with Crippen LogP contribution in [-0.2, 0) is 6.42 Å². The van der Waals surface area contributed by atoms with Crippen molar-refractivity contribution in [3.63, 3.8) is 0 Å². The molecule has 0 saturated carbocycles. The Morgan fingerprint density at radius 3 is 2.79 bits per heavy atom. The van der Waals surface area contributed by atoms with E-state index in [1.807, 2.05) is 0 Å². The normalized spacial score (nSPS) is 25.2. The van der Waals surface area contributed by atoms with E-state index in [9.17, 15) is 0 Å². The second kappa shape index (κ2) is 7.93. The fraction of sp³-hybridized carbons (Fsp3) is 0.571. The molecule has 0 aliphatic carbocycles. The van der Waals surface area contributed by atoms with Crippen LogP contribution in [0.3, 0.4) is 0 Å². The number of nitrogens with one attached hydrogen (secondary N) is 1. The van der Waals surface area contributed by atoms with Crippen LogP contribution in [0, 0.1) is 0 Å². The zero-order valence-electron chi connectivity index (χ0n) is 11.1. The van der Waals surface area contributed by atoms with Gasteiger partial charge in [-0.3, -0.25) is 11.3 Å². The van der Waals surface area contributed by atoms with Crippen LogP contribution in [-0.4, -0.2) is 28.0 Å². The molecule has 3 unspecified atom stereocenters. The minimum absolute atomic E-state index is 0.335. The molecule has 3 N–H and O–H groups in total. The highest BCUT2D eigenvalue weighted by molar-refractivity contribution is 9.10. The summed E-state index contributed by atoms with van der Waals surface area (Å²) in [7, 11) is 0. The Hall–Kier alpha value is 0.320. The molecule has 1 aliphatic heterocycles. The number of nitrogens with two attached hydrogens (primary N) is 1. The first kappa shape index (κ1) is 15.7. The molecule has 1 heterocycles. The maximum Gasteiger partial charge on any atom is 0.0380 e. The van der Waals surface area contributed by atoms with Gasteiger partial charge < -0.3 is 0 Å². The molecule has 2 nitrogen and oxygen atoms in total. The Labute approximate surface area is 132 Å². The summed E-state index contributed by atoms with van der Waals surface area (Å²) in [5, 5.41) is 1.31. The van der Waals surface area contributed by atoms with Crippen LogP contribution in [0.15, 0.2) is 28.7 Å². The first-order valence-electron chi connectivity index (χ1n) is 6.69. The van der Waals surface area contributed by atoms with Gasteiger partial charge in [0.2, 0.25) is 0 Å². The Balaban J connectivity index is 2.08. The highest BCUT2D eigenvalue weighted by atomic mass is 79.9. The molecule has 1 saturated heterocycles. The number of hydrazine groups is 1. The predicted molar refractivity (Wildman–Crippen MR) is 91.7 cm³/mol. The summed E-state index contributed by atoms with van der Waals surface area (Å²) in [4.78, 5) is 0. The number of thioether (sulfide) groups is 2. The highest BCUT2D eigenvalue weighted by Gasteiger charge is 2.31. The minimum Gasteiger partial charge on any atom is -0.271 e. The molecule has 1 fully saturated rings. The topological polar surface area (TPSA) is 38.0 Å². The van der Waals surface area contributed by atoms with Crippen LogP contribution in [0.2, 0.25) is 0 Å². The molecule has 19 heavy (non-hydrogen) atoms. The third-order valence-electron chi connectivity index (χ3n) is 3.50. The molecule has 2 rings (SSSR count). The zero-order valence-corrected chi connectivity index (χ0v) is 14.4. The third kappa shape index (κ3) is 4.14. The standard InChI is InChI=1S/C14H21BrN2S2/c1-2-13-14(19-8-7-18-13)12(17-16)9-10-5-3-4-6-11(10)15/h3-6,12-14,17H,2,7-9,16H2,1H3. The van der Waals surface area contributed by atoms with E-state index in [0.29, 0.717) is 16.5 Å². The lowest BCUT2D eigenvalue weighted by atomic mass is 10.0. The first-order valence-corrected chi connectivity index (χ1v) is 9.58. The lowest BCUT2D eigenvalue weighted by molar-refractivity contribution is 0.490. The molecule has 0 spiro atoms. The summed E-state index contributed by atoms with van der Waals surface area (Å²) in [5.74, 6) is 8.34. The maximum absolute atomic E-state index is 5.83. The molecule has 5 heteroatoms. The van der Waals surface area contributed by atoms with Crippen LogP contribution in [0.5, 0.6) is 0 Å². The molecule has 1 aliphatic rings. The Morgan fingerprint density at radius 1 is 1.37 bits per heavy atom. The van der Waals surface area contributed by atoms with Crippen LogP contribution in [0.1, 0.15) is 18.9 Å². The smallest absolute Gasteiger partial charge is 0.0380 e. The molecule has 0 bridgehead atoms. The average molecular weight is 361 g/mol. The van der Waals surface area contributed by atoms with Crippen molar-refractivity contribution in [2.24, 2.45) is 5.84 Å². The summed E-state index contributed by atoms with van der Waals surface area (Å²) in [6.45, 7) is 2.28. The van der Waals surface area contributed by atoms with Crippen molar-refractivity contribution in [3.05, 3.63) is 34.3 Å². The lowest BCUT2D eigenvalue weighted by Gasteiger charge is -2.35. The van der Waals surface area contributed by atoms with Crippen molar-refractivity contribution in [1.82, 2.24) is 5.43 Å². The highest BCUT2D eigenvalue weighted by Crippen LogP contribution is 2.36. The van der Waals surface area contributed by atoms with E-state index in [2.05, 4.69) is 76.1 Å². The zero-order chi connectivity index (χ0) is 13.7. The van der Waals surface area contributed by atoms with Crippen molar-refractivity contribution in [2.45, 2.75) is 36.3 Å². The first-order chi connectivity index (χ1) is 9.26. The van der Waals surface area contributed by atoms with Gasteiger partial charge in [-0.25, -0.2) is 0 Å². The summed E-state index contributed by atoms with van der Waals surface area (Å²) < 4.78 is 1.18. The van der Waals surface area contributed by atoms with Gasteiger partial charge in [-0.15, -0.1) is 0 Å². The Bertz CT molecular complexity index is 403. The van der Waals surface area contributed by atoms with E-state index >= 15 is 0 Å². The second-order valence-electron chi connectivity index (χ2n) is 4.72. The molecule has 3 atom stereocenters. The van der Waals surface area contributed by atoms with E-state index < -0.39 is 0 Å². The third-order valence-corrected chi connectivity index (χ3v) is 7.68. The van der Waals surface area contributed by atoms with E-state index in [-0.39, 0.29) is 0 Å². The molecular formula is C14H21BrN2S2. The monoisotopic (exact) mass is 360 g/mol. The number of hydrogen-bond donors (Lipinski definition) is 2. The van der Waals surface area contributed by atoms with Crippen molar-refractivity contribution in [1.29, 1.82) is 0 Å². The van der Waals surface area contributed by atoms with Gasteiger partial charge in [-0.05, 0) is 24.5 Å². The van der Waals surface area contributed by atoms with Gasteiger partial charge in [0, 0.05) is 32.5 Å². The number of benzene rings is 1. The number of rotatable bonds is 5. The van der Waals surface area contributed by atoms with Crippen LogP contribution in [0.25, 0.3) is 0 Å². The molecule has 0 amide bonds.